The molecule has 0 atom stereocenters. The number of carbonyl (C=O) groups is 2. The predicted molar refractivity (Wildman–Crippen MR) is 121 cm³/mol. The Morgan fingerprint density at radius 3 is 2.12 bits per heavy atom. The largest absolute Gasteiger partial charge is 0.497 e. The molecule has 170 valence electrons. The standard InChI is InChI=1S/C26H24O7/c1-29-19-9-5-16(6-10-19)4-7-17-12-23-24(33-15-32-23)14-20(17)26(28)25(27)18-8-11-21(30-2)22(13-18)31-3/h5-6,8-14H,4,7,15H2,1-3H3. The topological polar surface area (TPSA) is 80.3 Å². The van der Waals surface area contributed by atoms with Crippen molar-refractivity contribution in [1.29, 1.82) is 0 Å². The average molecular weight is 448 g/mol. The minimum Gasteiger partial charge on any atom is -0.497 e. The Kier molecular flexibility index (Phi) is 6.49. The van der Waals surface area contributed by atoms with Gasteiger partial charge in [0.1, 0.15) is 5.75 Å². The third kappa shape index (κ3) is 4.62. The Morgan fingerprint density at radius 1 is 0.758 bits per heavy atom. The molecule has 0 unspecified atom stereocenters. The van der Waals surface area contributed by atoms with Gasteiger partial charge in [0, 0.05) is 11.1 Å². The van der Waals surface area contributed by atoms with Gasteiger partial charge in [0.05, 0.1) is 21.3 Å². The van der Waals surface area contributed by atoms with Gasteiger partial charge in [-0.05, 0) is 66.4 Å². The molecule has 33 heavy (non-hydrogen) atoms. The lowest BCUT2D eigenvalue weighted by atomic mass is 9.93. The van der Waals surface area contributed by atoms with E-state index < -0.39 is 11.6 Å². The predicted octanol–water partition coefficient (Wildman–Crippen LogP) is 4.29. The molecule has 3 aromatic rings. The van der Waals surface area contributed by atoms with Gasteiger partial charge in [0.15, 0.2) is 23.0 Å². The molecule has 0 radical (unpaired) electrons. The van der Waals surface area contributed by atoms with Crippen LogP contribution in [0.1, 0.15) is 31.8 Å². The highest BCUT2D eigenvalue weighted by Crippen LogP contribution is 2.36. The summed E-state index contributed by atoms with van der Waals surface area (Å²) in [6, 6.07) is 15.7. The Hall–Kier alpha value is -4.00. The fraction of sp³-hybridized carbons (Fsp3) is 0.231. The summed E-state index contributed by atoms with van der Waals surface area (Å²) in [6.45, 7) is 0.0779. The zero-order valence-electron chi connectivity index (χ0n) is 18.7. The molecule has 1 aliphatic rings. The van der Waals surface area contributed by atoms with E-state index in [1.165, 1.54) is 20.3 Å². The lowest BCUT2D eigenvalue weighted by Crippen LogP contribution is -2.17. The van der Waals surface area contributed by atoms with Crippen LogP contribution in [-0.2, 0) is 12.8 Å². The summed E-state index contributed by atoms with van der Waals surface area (Å²) in [5.41, 5.74) is 2.32. The summed E-state index contributed by atoms with van der Waals surface area (Å²) < 4.78 is 26.6. The maximum Gasteiger partial charge on any atom is 0.233 e. The molecule has 1 heterocycles. The minimum absolute atomic E-state index is 0.0779. The van der Waals surface area contributed by atoms with Gasteiger partial charge < -0.3 is 23.7 Å². The summed E-state index contributed by atoms with van der Waals surface area (Å²) in [5, 5.41) is 0. The van der Waals surface area contributed by atoms with Gasteiger partial charge in [-0.2, -0.15) is 0 Å². The molecule has 7 nitrogen and oxygen atoms in total. The van der Waals surface area contributed by atoms with E-state index in [0.29, 0.717) is 47.0 Å². The first kappa shape index (κ1) is 22.2. The zero-order valence-corrected chi connectivity index (χ0v) is 18.7. The van der Waals surface area contributed by atoms with Crippen LogP contribution in [0.3, 0.4) is 0 Å². The first-order valence-corrected chi connectivity index (χ1v) is 10.4. The number of ketones is 2. The van der Waals surface area contributed by atoms with Crippen LogP contribution in [0.5, 0.6) is 28.7 Å². The molecule has 0 N–H and O–H groups in total. The van der Waals surface area contributed by atoms with E-state index in [4.69, 9.17) is 23.7 Å². The second-order valence-corrected chi connectivity index (χ2v) is 7.44. The smallest absolute Gasteiger partial charge is 0.233 e. The molecule has 7 heteroatoms. The Labute approximate surface area is 191 Å². The second-order valence-electron chi connectivity index (χ2n) is 7.44. The van der Waals surface area contributed by atoms with Crippen LogP contribution in [0.4, 0.5) is 0 Å². The monoisotopic (exact) mass is 448 g/mol. The molecule has 0 aliphatic carbocycles. The lowest BCUT2D eigenvalue weighted by molar-refractivity contribution is 0.0816. The third-order valence-corrected chi connectivity index (χ3v) is 5.54. The number of fused-ring (bicyclic) bond motifs is 1. The fourth-order valence-corrected chi connectivity index (χ4v) is 3.70. The van der Waals surface area contributed by atoms with Gasteiger partial charge in [-0.1, -0.05) is 12.1 Å². The summed E-state index contributed by atoms with van der Waals surface area (Å²) >= 11 is 0. The number of methoxy groups -OCH3 is 3. The van der Waals surface area contributed by atoms with Crippen molar-refractivity contribution in [2.45, 2.75) is 12.8 Å². The van der Waals surface area contributed by atoms with Gasteiger partial charge in [-0.25, -0.2) is 0 Å². The number of hydrogen-bond acceptors (Lipinski definition) is 7. The molecular formula is C26H24O7. The quantitative estimate of drug-likeness (QED) is 0.357. The molecule has 0 saturated carbocycles. The molecule has 0 spiro atoms. The van der Waals surface area contributed by atoms with Crippen molar-refractivity contribution in [3.8, 4) is 28.7 Å². The highest BCUT2D eigenvalue weighted by atomic mass is 16.7. The van der Waals surface area contributed by atoms with Crippen molar-refractivity contribution in [1.82, 2.24) is 0 Å². The van der Waals surface area contributed by atoms with Crippen molar-refractivity contribution >= 4 is 11.6 Å². The summed E-state index contributed by atoms with van der Waals surface area (Å²) in [5.74, 6) is 1.39. The van der Waals surface area contributed by atoms with Crippen LogP contribution in [0.25, 0.3) is 0 Å². The van der Waals surface area contributed by atoms with E-state index in [2.05, 4.69) is 0 Å². The number of Topliss-reactive ketones (excluding diaryl/α,β-unsaturated/α-hetero) is 2. The summed E-state index contributed by atoms with van der Waals surface area (Å²) in [7, 11) is 4.60. The lowest BCUT2D eigenvalue weighted by Gasteiger charge is -2.12. The zero-order chi connectivity index (χ0) is 23.4. The number of aryl methyl sites for hydroxylation is 2. The normalized spacial score (nSPS) is 11.7. The third-order valence-electron chi connectivity index (χ3n) is 5.54. The van der Waals surface area contributed by atoms with E-state index >= 15 is 0 Å². The number of ether oxygens (including phenoxy) is 5. The Bertz CT molecular complexity index is 1180. The van der Waals surface area contributed by atoms with Gasteiger partial charge in [0.2, 0.25) is 18.4 Å². The van der Waals surface area contributed by atoms with Crippen LogP contribution in [-0.4, -0.2) is 39.7 Å². The average Bonchev–Trinajstić information content (AvgIpc) is 3.33. The van der Waals surface area contributed by atoms with Crippen molar-refractivity contribution in [3.63, 3.8) is 0 Å². The van der Waals surface area contributed by atoms with Crippen LogP contribution < -0.4 is 23.7 Å². The number of hydrogen-bond donors (Lipinski definition) is 0. The molecule has 1 aliphatic heterocycles. The molecular weight excluding hydrogens is 424 g/mol. The van der Waals surface area contributed by atoms with Crippen LogP contribution >= 0.6 is 0 Å². The van der Waals surface area contributed by atoms with Gasteiger partial charge in [0.25, 0.3) is 0 Å². The highest BCUT2D eigenvalue weighted by molar-refractivity contribution is 6.49. The number of rotatable bonds is 9. The first-order valence-electron chi connectivity index (χ1n) is 10.4. The maximum absolute atomic E-state index is 13.3. The van der Waals surface area contributed by atoms with Gasteiger partial charge in [-0.15, -0.1) is 0 Å². The van der Waals surface area contributed by atoms with E-state index in [1.54, 1.807) is 31.4 Å². The molecule has 0 bridgehead atoms. The van der Waals surface area contributed by atoms with Gasteiger partial charge in [-0.3, -0.25) is 9.59 Å². The van der Waals surface area contributed by atoms with Crippen LogP contribution in [0.15, 0.2) is 54.6 Å². The molecule has 0 aromatic heterocycles. The summed E-state index contributed by atoms with van der Waals surface area (Å²) in [6.07, 6.45) is 1.22. The van der Waals surface area contributed by atoms with Crippen molar-refractivity contribution in [2.75, 3.05) is 28.1 Å². The van der Waals surface area contributed by atoms with Crippen LogP contribution in [0, 0.1) is 0 Å². The van der Waals surface area contributed by atoms with E-state index in [9.17, 15) is 9.59 Å². The molecule has 3 aromatic carbocycles. The molecule has 0 amide bonds. The first-order chi connectivity index (χ1) is 16.0. The van der Waals surface area contributed by atoms with Crippen molar-refractivity contribution in [3.05, 3.63) is 76.9 Å². The SMILES string of the molecule is COc1ccc(CCc2cc3c(cc2C(=O)C(=O)c2ccc(OC)c(OC)c2)OCO3)cc1. The number of carbonyl (C=O) groups excluding carboxylic acids is 2. The maximum atomic E-state index is 13.3. The Balaban J connectivity index is 1.63. The van der Waals surface area contributed by atoms with Crippen LogP contribution in [0.2, 0.25) is 0 Å². The van der Waals surface area contributed by atoms with E-state index in [1.807, 2.05) is 24.3 Å². The molecule has 0 saturated heterocycles. The molecule has 4 rings (SSSR count). The Morgan fingerprint density at radius 2 is 1.45 bits per heavy atom. The summed E-state index contributed by atoms with van der Waals surface area (Å²) in [4.78, 5) is 26.4. The highest BCUT2D eigenvalue weighted by Gasteiger charge is 2.26. The molecule has 0 fully saturated rings. The van der Waals surface area contributed by atoms with Gasteiger partial charge >= 0.3 is 0 Å². The minimum atomic E-state index is -0.638. The van der Waals surface area contributed by atoms with E-state index in [0.717, 1.165) is 11.3 Å². The second kappa shape index (κ2) is 9.65. The van der Waals surface area contributed by atoms with Crippen molar-refractivity contribution < 1.29 is 33.3 Å². The fourth-order valence-electron chi connectivity index (χ4n) is 3.70. The van der Waals surface area contributed by atoms with Crippen molar-refractivity contribution in [2.24, 2.45) is 0 Å². The number of benzene rings is 3. The van der Waals surface area contributed by atoms with E-state index in [-0.39, 0.29) is 12.4 Å².